The number of esters is 1. The van der Waals surface area contributed by atoms with Crippen LogP contribution in [0.4, 0.5) is 5.69 Å². The van der Waals surface area contributed by atoms with Crippen molar-refractivity contribution in [1.29, 1.82) is 0 Å². The summed E-state index contributed by atoms with van der Waals surface area (Å²) in [7, 11) is 0. The molecule has 0 unspecified atom stereocenters. The van der Waals surface area contributed by atoms with Crippen molar-refractivity contribution in [2.24, 2.45) is 0 Å². The van der Waals surface area contributed by atoms with E-state index in [1.54, 1.807) is 48.5 Å². The van der Waals surface area contributed by atoms with Crippen LogP contribution in [0.5, 0.6) is 0 Å². The largest absolute Gasteiger partial charge is 0.456 e. The lowest BCUT2D eigenvalue weighted by molar-refractivity contribution is -0.147. The molecule has 0 heterocycles. The van der Waals surface area contributed by atoms with Crippen molar-refractivity contribution in [3.05, 3.63) is 65.2 Å². The van der Waals surface area contributed by atoms with Crippen LogP contribution in [0.15, 0.2) is 54.6 Å². The summed E-state index contributed by atoms with van der Waals surface area (Å²) in [4.78, 5) is 35.1. The summed E-state index contributed by atoms with van der Waals surface area (Å²) >= 11 is 5.75. The summed E-state index contributed by atoms with van der Waals surface area (Å²) in [5, 5.41) is 5.73. The number of rotatable bonds is 7. The number of carbonyl (C=O) groups excluding carboxylic acids is 3. The molecule has 130 valence electrons. The van der Waals surface area contributed by atoms with Gasteiger partial charge in [-0.2, -0.15) is 0 Å². The second-order valence-electron chi connectivity index (χ2n) is 5.09. The molecule has 7 heteroatoms. The molecule has 2 aromatic rings. The van der Waals surface area contributed by atoms with Crippen LogP contribution in [-0.2, 0) is 14.3 Å². The van der Waals surface area contributed by atoms with Gasteiger partial charge in [-0.3, -0.25) is 14.4 Å². The first kappa shape index (κ1) is 18.5. The van der Waals surface area contributed by atoms with Crippen LogP contribution in [0, 0.1) is 0 Å². The fourth-order valence-corrected chi connectivity index (χ4v) is 2.04. The smallest absolute Gasteiger partial charge is 0.308 e. The van der Waals surface area contributed by atoms with Gasteiger partial charge in [0.15, 0.2) is 6.61 Å². The molecule has 0 aromatic heterocycles. The molecule has 25 heavy (non-hydrogen) atoms. The van der Waals surface area contributed by atoms with Gasteiger partial charge in [0.2, 0.25) is 0 Å². The lowest BCUT2D eigenvalue weighted by Gasteiger charge is -2.07. The first-order valence-corrected chi connectivity index (χ1v) is 7.96. The molecule has 0 aliphatic heterocycles. The van der Waals surface area contributed by atoms with Gasteiger partial charge in [0.25, 0.3) is 11.8 Å². The highest BCUT2D eigenvalue weighted by molar-refractivity contribution is 6.30. The van der Waals surface area contributed by atoms with Crippen molar-refractivity contribution < 1.29 is 19.1 Å². The van der Waals surface area contributed by atoms with Gasteiger partial charge in [0.1, 0.15) is 0 Å². The Labute approximate surface area is 150 Å². The molecule has 2 amide bonds. The molecule has 0 fully saturated rings. The molecule has 0 saturated heterocycles. The fraction of sp³-hybridized carbons (Fsp3) is 0.167. The fourth-order valence-electron chi connectivity index (χ4n) is 1.92. The molecule has 0 bridgehead atoms. The molecule has 0 aliphatic rings. The Hall–Kier alpha value is -2.86. The van der Waals surface area contributed by atoms with Crippen LogP contribution in [0.1, 0.15) is 16.8 Å². The maximum absolute atomic E-state index is 11.8. The maximum atomic E-state index is 11.8. The van der Waals surface area contributed by atoms with E-state index in [0.29, 0.717) is 16.3 Å². The number of amides is 2. The van der Waals surface area contributed by atoms with Crippen LogP contribution in [0.25, 0.3) is 0 Å². The van der Waals surface area contributed by atoms with Crippen molar-refractivity contribution in [3.63, 3.8) is 0 Å². The monoisotopic (exact) mass is 360 g/mol. The lowest BCUT2D eigenvalue weighted by Crippen LogP contribution is -2.27. The molecule has 2 aromatic carbocycles. The number of ether oxygens (including phenoxy) is 1. The standard InChI is InChI=1S/C18H17ClN2O4/c19-14-8-6-13(7-9-14)18(24)20-11-10-17(23)25-12-16(22)21-15-4-2-1-3-5-15/h1-9H,10-12H2,(H,20,24)(H,21,22). The Morgan fingerprint density at radius 2 is 1.64 bits per heavy atom. The maximum Gasteiger partial charge on any atom is 0.308 e. The van der Waals surface area contributed by atoms with Crippen LogP contribution in [-0.4, -0.2) is 30.9 Å². The van der Waals surface area contributed by atoms with Crippen molar-refractivity contribution in [2.45, 2.75) is 6.42 Å². The molecule has 0 atom stereocenters. The van der Waals surface area contributed by atoms with E-state index in [0.717, 1.165) is 0 Å². The van der Waals surface area contributed by atoms with Crippen LogP contribution < -0.4 is 10.6 Å². The molecule has 6 nitrogen and oxygen atoms in total. The SMILES string of the molecule is O=C(COC(=O)CCNC(=O)c1ccc(Cl)cc1)Nc1ccccc1. The average Bonchev–Trinajstić information content (AvgIpc) is 2.61. The van der Waals surface area contributed by atoms with E-state index in [1.165, 1.54) is 0 Å². The van der Waals surface area contributed by atoms with Crippen molar-refractivity contribution in [3.8, 4) is 0 Å². The molecule has 2 rings (SSSR count). The van der Waals surface area contributed by atoms with Crippen LogP contribution in [0.2, 0.25) is 5.02 Å². The zero-order valence-electron chi connectivity index (χ0n) is 13.3. The highest BCUT2D eigenvalue weighted by atomic mass is 35.5. The van der Waals surface area contributed by atoms with E-state index < -0.39 is 11.9 Å². The number of hydrogen-bond acceptors (Lipinski definition) is 4. The summed E-state index contributed by atoms with van der Waals surface area (Å²) in [6, 6.07) is 15.2. The highest BCUT2D eigenvalue weighted by Gasteiger charge is 2.09. The predicted molar refractivity (Wildman–Crippen MR) is 94.4 cm³/mol. The van der Waals surface area contributed by atoms with Gasteiger partial charge in [0.05, 0.1) is 6.42 Å². The van der Waals surface area contributed by atoms with E-state index in [-0.39, 0.29) is 25.5 Å². The summed E-state index contributed by atoms with van der Waals surface area (Å²) in [5.74, 6) is -1.31. The second-order valence-corrected chi connectivity index (χ2v) is 5.52. The number of benzene rings is 2. The van der Waals surface area contributed by atoms with E-state index >= 15 is 0 Å². The van der Waals surface area contributed by atoms with Gasteiger partial charge in [0, 0.05) is 22.8 Å². The highest BCUT2D eigenvalue weighted by Crippen LogP contribution is 2.09. The van der Waals surface area contributed by atoms with Gasteiger partial charge in [-0.1, -0.05) is 29.8 Å². The Morgan fingerprint density at radius 3 is 2.32 bits per heavy atom. The van der Waals surface area contributed by atoms with Crippen molar-refractivity contribution in [2.75, 3.05) is 18.5 Å². The minimum Gasteiger partial charge on any atom is -0.456 e. The minimum atomic E-state index is -0.570. The predicted octanol–water partition coefficient (Wildman–Crippen LogP) is 2.64. The Kier molecular flexibility index (Phi) is 6.98. The Morgan fingerprint density at radius 1 is 0.960 bits per heavy atom. The lowest BCUT2D eigenvalue weighted by atomic mass is 10.2. The topological polar surface area (TPSA) is 84.5 Å². The van der Waals surface area contributed by atoms with Gasteiger partial charge in [-0.15, -0.1) is 0 Å². The van der Waals surface area contributed by atoms with Gasteiger partial charge in [-0.05, 0) is 36.4 Å². The molecule has 0 saturated carbocycles. The van der Waals surface area contributed by atoms with E-state index in [9.17, 15) is 14.4 Å². The molecule has 0 spiro atoms. The Bertz CT molecular complexity index is 733. The van der Waals surface area contributed by atoms with Crippen LogP contribution in [0.3, 0.4) is 0 Å². The summed E-state index contributed by atoms with van der Waals surface area (Å²) in [6.45, 7) is -0.264. The number of para-hydroxylation sites is 1. The average molecular weight is 361 g/mol. The first-order chi connectivity index (χ1) is 12.0. The summed E-state index contributed by atoms with van der Waals surface area (Å²) in [5.41, 5.74) is 1.07. The number of anilines is 1. The number of nitrogens with one attached hydrogen (secondary N) is 2. The normalized spacial score (nSPS) is 9.96. The summed E-state index contributed by atoms with van der Waals surface area (Å²) in [6.07, 6.45) is -0.0298. The third kappa shape index (κ3) is 6.64. The van der Waals surface area contributed by atoms with E-state index in [1.807, 2.05) is 6.07 Å². The quantitative estimate of drug-likeness (QED) is 0.743. The number of hydrogen-bond donors (Lipinski definition) is 2. The molecule has 0 aliphatic carbocycles. The summed E-state index contributed by atoms with van der Waals surface area (Å²) < 4.78 is 4.86. The van der Waals surface area contributed by atoms with Gasteiger partial charge in [-0.25, -0.2) is 0 Å². The third-order valence-corrected chi connectivity index (χ3v) is 3.39. The molecule has 2 N–H and O–H groups in total. The van der Waals surface area contributed by atoms with E-state index in [4.69, 9.17) is 16.3 Å². The molecular weight excluding hydrogens is 344 g/mol. The third-order valence-electron chi connectivity index (χ3n) is 3.14. The first-order valence-electron chi connectivity index (χ1n) is 7.59. The van der Waals surface area contributed by atoms with E-state index in [2.05, 4.69) is 10.6 Å². The minimum absolute atomic E-state index is 0.0298. The van der Waals surface area contributed by atoms with Crippen LogP contribution >= 0.6 is 11.6 Å². The second kappa shape index (κ2) is 9.44. The molecule has 0 radical (unpaired) electrons. The van der Waals surface area contributed by atoms with Crippen molar-refractivity contribution >= 4 is 35.1 Å². The van der Waals surface area contributed by atoms with Gasteiger partial charge < -0.3 is 15.4 Å². The molecular formula is C18H17ClN2O4. The van der Waals surface area contributed by atoms with Crippen molar-refractivity contribution in [1.82, 2.24) is 5.32 Å². The Balaban J connectivity index is 1.64. The number of halogens is 1. The zero-order valence-corrected chi connectivity index (χ0v) is 14.1. The zero-order chi connectivity index (χ0) is 18.1. The van der Waals surface area contributed by atoms with Gasteiger partial charge >= 0.3 is 5.97 Å². The number of carbonyl (C=O) groups is 3.